The zero-order valence-corrected chi connectivity index (χ0v) is 15.1. The highest BCUT2D eigenvalue weighted by molar-refractivity contribution is 6.06. The van der Waals surface area contributed by atoms with Crippen molar-refractivity contribution in [2.75, 3.05) is 5.32 Å². The monoisotopic (exact) mass is 363 g/mol. The second-order valence-corrected chi connectivity index (χ2v) is 6.80. The lowest BCUT2D eigenvalue weighted by Gasteiger charge is -2.07. The van der Waals surface area contributed by atoms with E-state index in [-0.39, 0.29) is 18.1 Å². The lowest BCUT2D eigenvalue weighted by atomic mass is 10.0. The van der Waals surface area contributed by atoms with Crippen molar-refractivity contribution in [1.29, 1.82) is 0 Å². The van der Waals surface area contributed by atoms with Crippen LogP contribution in [-0.2, 0) is 17.8 Å². The average Bonchev–Trinajstić information content (AvgIpc) is 3.44. The van der Waals surface area contributed by atoms with Gasteiger partial charge in [-0.05, 0) is 48.9 Å². The molecule has 1 fully saturated rings. The summed E-state index contributed by atoms with van der Waals surface area (Å²) in [5.74, 6) is 0.112. The summed E-state index contributed by atoms with van der Waals surface area (Å²) >= 11 is 0. The number of benzene rings is 1. The van der Waals surface area contributed by atoms with Gasteiger partial charge in [-0.2, -0.15) is 5.10 Å². The zero-order chi connectivity index (χ0) is 19.0. The minimum Gasteiger partial charge on any atom is -0.364 e. The van der Waals surface area contributed by atoms with Crippen molar-refractivity contribution in [2.45, 2.75) is 38.6 Å². The molecule has 1 saturated carbocycles. The summed E-state index contributed by atoms with van der Waals surface area (Å²) < 4.78 is 1.54. The van der Waals surface area contributed by atoms with Crippen LogP contribution in [0.4, 0.5) is 5.82 Å². The Hall–Kier alpha value is -3.22. The number of pyridine rings is 1. The second-order valence-electron chi connectivity index (χ2n) is 6.80. The van der Waals surface area contributed by atoms with Gasteiger partial charge in [0.2, 0.25) is 5.91 Å². The van der Waals surface area contributed by atoms with Crippen LogP contribution in [0.3, 0.4) is 0 Å². The van der Waals surface area contributed by atoms with E-state index in [2.05, 4.69) is 15.4 Å². The van der Waals surface area contributed by atoms with Gasteiger partial charge in [0.15, 0.2) is 5.69 Å². The highest BCUT2D eigenvalue weighted by Gasteiger charge is 2.29. The summed E-state index contributed by atoms with van der Waals surface area (Å²) in [5.41, 5.74) is 8.51. The number of hydrogen-bond acceptors (Lipinski definition) is 4. The Morgan fingerprint density at radius 2 is 2.00 bits per heavy atom. The van der Waals surface area contributed by atoms with Crippen LogP contribution in [0.5, 0.6) is 0 Å². The Kier molecular flexibility index (Phi) is 4.35. The fourth-order valence-corrected chi connectivity index (χ4v) is 3.35. The van der Waals surface area contributed by atoms with Crippen molar-refractivity contribution in [3.63, 3.8) is 0 Å². The van der Waals surface area contributed by atoms with Crippen LogP contribution in [0.2, 0.25) is 0 Å². The maximum absolute atomic E-state index is 12.5. The Labute approximate surface area is 156 Å². The van der Waals surface area contributed by atoms with Crippen molar-refractivity contribution in [2.24, 2.45) is 5.73 Å². The van der Waals surface area contributed by atoms with E-state index in [9.17, 15) is 9.59 Å². The summed E-state index contributed by atoms with van der Waals surface area (Å²) in [4.78, 5) is 28.8. The fraction of sp³-hybridized carbons (Fsp3) is 0.300. The number of amides is 2. The highest BCUT2D eigenvalue weighted by Crippen LogP contribution is 2.43. The Balaban J connectivity index is 1.64. The predicted molar refractivity (Wildman–Crippen MR) is 102 cm³/mol. The molecular weight excluding hydrogens is 342 g/mol. The molecule has 3 N–H and O–H groups in total. The number of aryl methyl sites for hydroxylation is 1. The van der Waals surface area contributed by atoms with Crippen molar-refractivity contribution in [3.8, 4) is 0 Å². The van der Waals surface area contributed by atoms with E-state index in [1.165, 1.54) is 0 Å². The Bertz CT molecular complexity index is 1040. The minimum atomic E-state index is -0.579. The van der Waals surface area contributed by atoms with E-state index in [1.54, 1.807) is 10.7 Å². The summed E-state index contributed by atoms with van der Waals surface area (Å²) in [6.45, 7) is 1.99. The van der Waals surface area contributed by atoms with Crippen LogP contribution < -0.4 is 11.1 Å². The molecule has 7 nitrogen and oxygen atoms in total. The molecule has 1 aliphatic rings. The second kappa shape index (κ2) is 6.83. The number of aromatic nitrogens is 3. The molecule has 4 rings (SSSR count). The zero-order valence-electron chi connectivity index (χ0n) is 15.1. The molecule has 138 valence electrons. The van der Waals surface area contributed by atoms with Crippen LogP contribution >= 0.6 is 0 Å². The van der Waals surface area contributed by atoms with Gasteiger partial charge in [-0.15, -0.1) is 0 Å². The van der Waals surface area contributed by atoms with E-state index >= 15 is 0 Å². The number of fused-ring (bicyclic) bond motifs is 1. The third-order valence-corrected chi connectivity index (χ3v) is 4.79. The molecule has 0 spiro atoms. The van der Waals surface area contributed by atoms with Crippen LogP contribution in [-0.4, -0.2) is 26.6 Å². The summed E-state index contributed by atoms with van der Waals surface area (Å²) in [5, 5.41) is 7.90. The lowest BCUT2D eigenvalue weighted by molar-refractivity contribution is -0.116. The van der Waals surface area contributed by atoms with Crippen molar-refractivity contribution >= 4 is 28.5 Å². The number of nitrogens with one attached hydrogen (secondary N) is 1. The number of hydrogen-bond donors (Lipinski definition) is 2. The highest BCUT2D eigenvalue weighted by atomic mass is 16.2. The SMILES string of the molecule is CCc1cccc(NC(=O)Cn2nc(C(N)=O)c3c(C4CC4)cccc32)n1. The average molecular weight is 363 g/mol. The van der Waals surface area contributed by atoms with E-state index in [4.69, 9.17) is 5.73 Å². The number of primary amides is 1. The van der Waals surface area contributed by atoms with Gasteiger partial charge in [0.25, 0.3) is 5.91 Å². The molecule has 2 aromatic heterocycles. The van der Waals surface area contributed by atoms with E-state index < -0.39 is 5.91 Å². The van der Waals surface area contributed by atoms with Crippen molar-refractivity contribution in [3.05, 3.63) is 53.3 Å². The third kappa shape index (κ3) is 3.40. The van der Waals surface area contributed by atoms with Crippen molar-refractivity contribution < 1.29 is 9.59 Å². The largest absolute Gasteiger partial charge is 0.364 e. The maximum atomic E-state index is 12.5. The molecule has 0 saturated heterocycles. The smallest absolute Gasteiger partial charge is 0.269 e. The normalized spacial score (nSPS) is 13.7. The molecule has 0 unspecified atom stereocenters. The number of carbonyl (C=O) groups is 2. The molecule has 0 radical (unpaired) electrons. The number of carbonyl (C=O) groups excluding carboxylic acids is 2. The first-order chi connectivity index (χ1) is 13.1. The molecule has 1 aromatic carbocycles. The molecule has 0 atom stereocenters. The van der Waals surface area contributed by atoms with Gasteiger partial charge < -0.3 is 11.1 Å². The van der Waals surface area contributed by atoms with Gasteiger partial charge in [0.1, 0.15) is 12.4 Å². The van der Waals surface area contributed by atoms with E-state index in [0.29, 0.717) is 11.7 Å². The van der Waals surface area contributed by atoms with Gasteiger partial charge in [-0.25, -0.2) is 4.98 Å². The van der Waals surface area contributed by atoms with Crippen LogP contribution in [0.1, 0.15) is 47.4 Å². The molecule has 2 amide bonds. The first-order valence-electron chi connectivity index (χ1n) is 9.11. The van der Waals surface area contributed by atoms with Gasteiger partial charge in [-0.1, -0.05) is 25.1 Å². The van der Waals surface area contributed by atoms with E-state index in [1.807, 2.05) is 37.3 Å². The predicted octanol–water partition coefficient (Wildman–Crippen LogP) is 2.61. The molecule has 7 heteroatoms. The molecular formula is C20H21N5O2. The van der Waals surface area contributed by atoms with Gasteiger partial charge in [0, 0.05) is 11.1 Å². The standard InChI is InChI=1S/C20H21N5O2/c1-2-13-5-3-8-16(22-13)23-17(26)11-25-15-7-4-6-14(12-9-10-12)18(15)19(24-25)20(21)27/h3-8,12H,2,9-11H2,1H3,(H2,21,27)(H,22,23,26). The van der Waals surface area contributed by atoms with Crippen LogP contribution in [0.15, 0.2) is 36.4 Å². The molecule has 2 heterocycles. The minimum absolute atomic E-state index is 0.0179. The number of nitrogens with two attached hydrogens (primary N) is 1. The third-order valence-electron chi connectivity index (χ3n) is 4.79. The Morgan fingerprint density at radius 1 is 1.22 bits per heavy atom. The van der Waals surface area contributed by atoms with Crippen molar-refractivity contribution in [1.82, 2.24) is 14.8 Å². The van der Waals surface area contributed by atoms with Gasteiger partial charge in [-0.3, -0.25) is 14.3 Å². The van der Waals surface area contributed by atoms with Gasteiger partial charge in [0.05, 0.1) is 5.52 Å². The Morgan fingerprint density at radius 3 is 2.70 bits per heavy atom. The molecule has 27 heavy (non-hydrogen) atoms. The van der Waals surface area contributed by atoms with Gasteiger partial charge >= 0.3 is 0 Å². The first-order valence-corrected chi connectivity index (χ1v) is 9.11. The van der Waals surface area contributed by atoms with Crippen LogP contribution in [0, 0.1) is 0 Å². The lowest BCUT2D eigenvalue weighted by Crippen LogP contribution is -2.21. The number of nitrogens with zero attached hydrogens (tertiary/aromatic N) is 3. The molecule has 0 bridgehead atoms. The summed E-state index contributed by atoms with van der Waals surface area (Å²) in [6.07, 6.45) is 2.99. The fourth-order valence-electron chi connectivity index (χ4n) is 3.35. The maximum Gasteiger partial charge on any atom is 0.269 e. The molecule has 0 aliphatic heterocycles. The quantitative estimate of drug-likeness (QED) is 0.702. The number of anilines is 1. The summed E-state index contributed by atoms with van der Waals surface area (Å²) in [6, 6.07) is 11.3. The molecule has 1 aliphatic carbocycles. The van der Waals surface area contributed by atoms with E-state index in [0.717, 1.165) is 41.4 Å². The first kappa shape index (κ1) is 17.2. The number of rotatable bonds is 6. The topological polar surface area (TPSA) is 103 Å². The molecule has 3 aromatic rings. The summed E-state index contributed by atoms with van der Waals surface area (Å²) in [7, 11) is 0. The van der Waals surface area contributed by atoms with Crippen LogP contribution in [0.25, 0.3) is 10.9 Å².